The molecule has 1 aromatic heterocycles. The van der Waals surface area contributed by atoms with Crippen LogP contribution in [0.4, 0.5) is 13.2 Å². The zero-order valence-electron chi connectivity index (χ0n) is 24.4. The van der Waals surface area contributed by atoms with E-state index in [9.17, 15) is 28.0 Å². The summed E-state index contributed by atoms with van der Waals surface area (Å²) < 4.78 is 51.7. The maximum atomic E-state index is 13.4. The van der Waals surface area contributed by atoms with E-state index in [4.69, 9.17) is 14.9 Å². The number of nitrogens with two attached hydrogens (primary N) is 1. The second-order valence-electron chi connectivity index (χ2n) is 12.5. The summed E-state index contributed by atoms with van der Waals surface area (Å²) in [5.74, 6) is 0.317. The lowest BCUT2D eigenvalue weighted by atomic mass is 9.63. The molecule has 0 spiro atoms. The number of allylic oxidation sites excluding steroid dienone is 1. The third-order valence-corrected chi connectivity index (χ3v) is 7.59. The lowest BCUT2D eigenvalue weighted by Gasteiger charge is -2.29. The Morgan fingerprint density at radius 1 is 1.26 bits per heavy atom. The molecule has 223 valence electrons. The van der Waals surface area contributed by atoms with Gasteiger partial charge in [-0.2, -0.15) is 18.4 Å². The van der Waals surface area contributed by atoms with Crippen molar-refractivity contribution in [2.75, 3.05) is 0 Å². The molecule has 2 aromatic rings. The summed E-state index contributed by atoms with van der Waals surface area (Å²) >= 11 is 0. The molecule has 3 aliphatic rings. The van der Waals surface area contributed by atoms with E-state index in [2.05, 4.69) is 16.4 Å². The van der Waals surface area contributed by atoms with Crippen LogP contribution in [0.25, 0.3) is 0 Å². The molecule has 3 atom stereocenters. The molecule has 42 heavy (non-hydrogen) atoms. The molecule has 12 heteroatoms. The number of alkyl halides is 3. The number of benzene rings is 1. The van der Waals surface area contributed by atoms with Gasteiger partial charge in [-0.1, -0.05) is 52.8 Å². The van der Waals surface area contributed by atoms with Crippen molar-refractivity contribution in [2.24, 2.45) is 17.1 Å². The first-order valence-corrected chi connectivity index (χ1v) is 13.9. The summed E-state index contributed by atoms with van der Waals surface area (Å²) in [6.07, 6.45) is -1.66. The minimum Gasteiger partial charge on any atom is -0.501 e. The number of aryl methyl sites for hydroxylation is 2. The third kappa shape index (κ3) is 6.35. The van der Waals surface area contributed by atoms with E-state index in [-0.39, 0.29) is 35.6 Å². The number of rotatable bonds is 3. The van der Waals surface area contributed by atoms with Crippen LogP contribution in [0.3, 0.4) is 0 Å². The standard InChI is InChI=1S/C25H24BF3N3O3.C5H11NO/c1-23(2,3)19-22-32-18(21-26-16(11-34-21)25(27,28)29)20(35-22)24(12-30)9-8-14-6-4-13(10-15(14)24)5-7-17(33)31-19;1-4(2)3-5(6)7/h4,6,10-11,19,21H,5,7-9H2,1-3H3,(H,31,33);4H,3H2,1-2H3,(H2,6,7). The molecule has 8 nitrogen and oxygen atoms in total. The smallest absolute Gasteiger partial charge is 0.407 e. The topological polar surface area (TPSA) is 131 Å². The number of hydrogen-bond acceptors (Lipinski definition) is 6. The molecule has 3 unspecified atom stereocenters. The van der Waals surface area contributed by atoms with Crippen molar-refractivity contribution in [1.29, 1.82) is 5.26 Å². The summed E-state index contributed by atoms with van der Waals surface area (Å²) in [5.41, 5.74) is 4.93. The molecular weight excluding hydrogens is 548 g/mol. The number of oxazole rings is 1. The Labute approximate surface area is 244 Å². The van der Waals surface area contributed by atoms with Gasteiger partial charge in [-0.25, -0.2) is 4.98 Å². The normalized spacial score (nSPS) is 23.2. The first-order valence-electron chi connectivity index (χ1n) is 13.9. The number of primary amides is 1. The van der Waals surface area contributed by atoms with Crippen LogP contribution in [0.1, 0.15) is 100.0 Å². The Bertz CT molecular complexity index is 1440. The first-order chi connectivity index (χ1) is 19.5. The number of nitrogens with zero attached hydrogens (tertiary/aromatic N) is 2. The zero-order chi connectivity index (χ0) is 31.0. The monoisotopic (exact) mass is 583 g/mol. The van der Waals surface area contributed by atoms with Crippen LogP contribution in [-0.2, 0) is 32.6 Å². The predicted octanol–water partition coefficient (Wildman–Crippen LogP) is 5.23. The van der Waals surface area contributed by atoms with Gasteiger partial charge in [0, 0.05) is 18.3 Å². The van der Waals surface area contributed by atoms with Crippen molar-refractivity contribution < 1.29 is 31.9 Å². The Balaban J connectivity index is 0.000000517. The van der Waals surface area contributed by atoms with E-state index in [1.165, 1.54) is 0 Å². The number of ether oxygens (including phenoxy) is 1. The Morgan fingerprint density at radius 3 is 2.52 bits per heavy atom. The summed E-state index contributed by atoms with van der Waals surface area (Å²) in [5, 5.41) is 13.5. The van der Waals surface area contributed by atoms with Gasteiger partial charge in [0.05, 0.1) is 12.3 Å². The van der Waals surface area contributed by atoms with Crippen molar-refractivity contribution in [2.45, 2.75) is 90.4 Å². The lowest BCUT2D eigenvalue weighted by molar-refractivity contribution is -0.123. The summed E-state index contributed by atoms with van der Waals surface area (Å²) in [6, 6.07) is 6.39. The highest BCUT2D eigenvalue weighted by Crippen LogP contribution is 2.49. The minimum atomic E-state index is -4.58. The molecule has 1 aliphatic carbocycles. The molecule has 3 heterocycles. The van der Waals surface area contributed by atoms with E-state index < -0.39 is 34.5 Å². The second kappa shape index (κ2) is 11.5. The van der Waals surface area contributed by atoms with Gasteiger partial charge in [-0.05, 0) is 47.3 Å². The maximum Gasteiger partial charge on any atom is 0.407 e. The molecule has 0 saturated heterocycles. The van der Waals surface area contributed by atoms with Crippen LogP contribution >= 0.6 is 0 Å². The molecule has 0 fully saturated rings. The van der Waals surface area contributed by atoms with Gasteiger partial charge in [0.25, 0.3) is 0 Å². The fraction of sp³-hybridized carbons (Fsp3) is 0.533. The fourth-order valence-corrected chi connectivity index (χ4v) is 5.46. The molecule has 5 rings (SSSR count). The van der Waals surface area contributed by atoms with Gasteiger partial charge >= 0.3 is 6.18 Å². The summed E-state index contributed by atoms with van der Waals surface area (Å²) in [4.78, 5) is 27.5. The molecule has 1 aromatic carbocycles. The molecule has 2 aliphatic heterocycles. The molecular formula is C30H35BF3N4O4. The van der Waals surface area contributed by atoms with Gasteiger partial charge in [-0.15, -0.1) is 0 Å². The van der Waals surface area contributed by atoms with E-state index in [1.807, 2.05) is 52.8 Å². The molecule has 1 radical (unpaired) electrons. The Hall–Kier alpha value is -3.75. The zero-order valence-corrected chi connectivity index (χ0v) is 24.4. The number of nitriles is 1. The average Bonchev–Trinajstić information content (AvgIpc) is 3.61. The van der Waals surface area contributed by atoms with Crippen LogP contribution < -0.4 is 11.1 Å². The quantitative estimate of drug-likeness (QED) is 0.476. The van der Waals surface area contributed by atoms with Crippen molar-refractivity contribution in [3.8, 4) is 6.07 Å². The SMILES string of the molecule is CC(C)(C)C1NC(=O)CCc2ccc3c(c2)C(C#N)(CC3)c2oc1nc2C1[B]C(C(F)(F)F)=CO1.CC(C)CC(N)=O. The fourth-order valence-electron chi connectivity index (χ4n) is 5.46. The van der Waals surface area contributed by atoms with Crippen molar-refractivity contribution in [3.63, 3.8) is 0 Å². The average molecular weight is 583 g/mol. The molecule has 3 N–H and O–H groups in total. The van der Waals surface area contributed by atoms with Gasteiger partial charge in [0.15, 0.2) is 5.76 Å². The Kier molecular flexibility index (Phi) is 8.54. The number of aromatic nitrogens is 1. The van der Waals surface area contributed by atoms with Crippen molar-refractivity contribution >= 4 is 19.1 Å². The van der Waals surface area contributed by atoms with Crippen LogP contribution in [0.2, 0.25) is 0 Å². The number of nitrogens with one attached hydrogen (secondary N) is 1. The van der Waals surface area contributed by atoms with Crippen LogP contribution in [-0.4, -0.2) is 30.3 Å². The largest absolute Gasteiger partial charge is 0.501 e. The van der Waals surface area contributed by atoms with Gasteiger partial charge < -0.3 is 20.2 Å². The van der Waals surface area contributed by atoms with Gasteiger partial charge in [-0.3, -0.25) is 9.59 Å². The minimum absolute atomic E-state index is 0.123. The highest BCUT2D eigenvalue weighted by atomic mass is 19.4. The number of fused-ring (bicyclic) bond motifs is 4. The number of halogens is 3. The van der Waals surface area contributed by atoms with Crippen molar-refractivity contribution in [1.82, 2.24) is 10.3 Å². The number of carbonyl (C=O) groups excluding carboxylic acids is 2. The highest BCUT2D eigenvalue weighted by molar-refractivity contribution is 6.48. The van der Waals surface area contributed by atoms with Gasteiger partial charge in [0.1, 0.15) is 23.2 Å². The van der Waals surface area contributed by atoms with E-state index in [0.29, 0.717) is 37.9 Å². The first kappa shape index (κ1) is 31.2. The van der Waals surface area contributed by atoms with Crippen LogP contribution in [0.15, 0.2) is 34.4 Å². The van der Waals surface area contributed by atoms with E-state index in [0.717, 1.165) is 24.0 Å². The molecule has 4 bridgehead atoms. The molecule has 0 saturated carbocycles. The predicted molar refractivity (Wildman–Crippen MR) is 149 cm³/mol. The number of amides is 2. The lowest BCUT2D eigenvalue weighted by Crippen LogP contribution is -2.37. The number of hydrogen-bond donors (Lipinski definition) is 2. The molecule has 2 amide bonds. The highest BCUT2D eigenvalue weighted by Gasteiger charge is 2.50. The second-order valence-corrected chi connectivity index (χ2v) is 12.5. The number of carbonyl (C=O) groups is 2. The van der Waals surface area contributed by atoms with Crippen LogP contribution in [0.5, 0.6) is 0 Å². The summed E-state index contributed by atoms with van der Waals surface area (Å²) in [6.45, 7) is 9.65. The summed E-state index contributed by atoms with van der Waals surface area (Å²) in [7, 11) is 0.950. The van der Waals surface area contributed by atoms with Crippen LogP contribution in [0, 0.1) is 22.7 Å². The van der Waals surface area contributed by atoms with E-state index in [1.54, 1.807) is 0 Å². The maximum absolute atomic E-state index is 13.4. The third-order valence-electron chi connectivity index (χ3n) is 7.59. The van der Waals surface area contributed by atoms with Crippen molar-refractivity contribution in [3.05, 3.63) is 64.0 Å². The van der Waals surface area contributed by atoms with E-state index >= 15 is 0 Å². The van der Waals surface area contributed by atoms with Gasteiger partial charge in [0.2, 0.25) is 25.0 Å². The Morgan fingerprint density at radius 2 is 1.98 bits per heavy atom.